The van der Waals surface area contributed by atoms with Crippen LogP contribution in [0, 0.1) is 11.3 Å². The summed E-state index contributed by atoms with van der Waals surface area (Å²) in [7, 11) is 0. The van der Waals surface area contributed by atoms with Gasteiger partial charge < -0.3 is 5.32 Å². The van der Waals surface area contributed by atoms with Crippen molar-refractivity contribution in [1.29, 1.82) is 5.26 Å². The molecule has 2 N–H and O–H groups in total. The lowest BCUT2D eigenvalue weighted by molar-refractivity contribution is -0.141. The van der Waals surface area contributed by atoms with Crippen LogP contribution in [0.5, 0.6) is 0 Å². The molecule has 3 aromatic heterocycles. The number of rotatable bonds is 3. The van der Waals surface area contributed by atoms with Crippen molar-refractivity contribution >= 4 is 22.5 Å². The number of aromatic nitrogens is 5. The van der Waals surface area contributed by atoms with Crippen LogP contribution in [-0.2, 0) is 6.18 Å². The summed E-state index contributed by atoms with van der Waals surface area (Å²) >= 11 is 0. The maximum Gasteiger partial charge on any atom is 0.433 e. The molecule has 0 fully saturated rings. The molecule has 29 heavy (non-hydrogen) atoms. The second-order valence-electron chi connectivity index (χ2n) is 5.97. The van der Waals surface area contributed by atoms with E-state index >= 15 is 0 Å². The smallest absolute Gasteiger partial charge is 0.319 e. The van der Waals surface area contributed by atoms with Crippen molar-refractivity contribution in [2.75, 3.05) is 5.32 Å². The lowest BCUT2D eigenvalue weighted by Crippen LogP contribution is -2.18. The highest BCUT2D eigenvalue weighted by Crippen LogP contribution is 2.29. The van der Waals surface area contributed by atoms with E-state index < -0.39 is 23.5 Å². The third kappa shape index (κ3) is 3.51. The van der Waals surface area contributed by atoms with Crippen LogP contribution in [0.2, 0.25) is 0 Å². The van der Waals surface area contributed by atoms with Gasteiger partial charge in [0.2, 0.25) is 0 Å². The lowest BCUT2D eigenvalue weighted by atomic mass is 10.2. The third-order valence-corrected chi connectivity index (χ3v) is 4.04. The molecule has 0 atom stereocenters. The van der Waals surface area contributed by atoms with E-state index in [2.05, 4.69) is 25.6 Å². The summed E-state index contributed by atoms with van der Waals surface area (Å²) in [5.74, 6) is -0.826. The van der Waals surface area contributed by atoms with Crippen molar-refractivity contribution in [3.8, 4) is 11.8 Å². The fourth-order valence-electron chi connectivity index (χ4n) is 2.69. The zero-order chi connectivity index (χ0) is 20.6. The Morgan fingerprint density at radius 1 is 1.24 bits per heavy atom. The predicted octanol–water partition coefficient (Wildman–Crippen LogP) is 3.29. The van der Waals surface area contributed by atoms with Crippen molar-refractivity contribution in [2.24, 2.45) is 0 Å². The number of carbonyl (C=O) groups is 1. The molecule has 0 unspecified atom stereocenters. The first-order chi connectivity index (χ1) is 13.8. The number of nitriles is 1. The quantitative estimate of drug-likeness (QED) is 0.551. The number of nitrogens with zero attached hydrogens (tertiary/aromatic N) is 5. The fourth-order valence-corrected chi connectivity index (χ4v) is 2.69. The molecular weight excluding hydrogens is 387 g/mol. The largest absolute Gasteiger partial charge is 0.433 e. The van der Waals surface area contributed by atoms with Crippen molar-refractivity contribution < 1.29 is 18.0 Å². The third-order valence-electron chi connectivity index (χ3n) is 4.04. The number of nitrogens with one attached hydrogen (secondary N) is 2. The molecule has 0 saturated carbocycles. The van der Waals surface area contributed by atoms with E-state index in [9.17, 15) is 18.0 Å². The first kappa shape index (κ1) is 18.2. The SMILES string of the molecule is N#Cc1cnn(-c2cc3[nH]ncc3cc2NC(=O)c2cccc(C(F)(F)F)n2)c1. The summed E-state index contributed by atoms with van der Waals surface area (Å²) in [6.45, 7) is 0. The van der Waals surface area contributed by atoms with Crippen molar-refractivity contribution in [3.63, 3.8) is 0 Å². The number of benzene rings is 1. The number of carbonyl (C=O) groups excluding carboxylic acids is 1. The zero-order valence-corrected chi connectivity index (χ0v) is 14.4. The normalized spacial score (nSPS) is 11.4. The molecule has 0 aliphatic heterocycles. The molecule has 8 nitrogen and oxygen atoms in total. The predicted molar refractivity (Wildman–Crippen MR) is 95.1 cm³/mol. The number of halogens is 3. The highest BCUT2D eigenvalue weighted by atomic mass is 19.4. The van der Waals surface area contributed by atoms with Gasteiger partial charge in [0.15, 0.2) is 0 Å². The summed E-state index contributed by atoms with van der Waals surface area (Å²) in [6.07, 6.45) is -0.339. The molecule has 0 bridgehead atoms. The Bertz CT molecular complexity index is 1270. The highest BCUT2D eigenvalue weighted by molar-refractivity contribution is 6.05. The van der Waals surface area contributed by atoms with Gasteiger partial charge >= 0.3 is 6.18 Å². The number of hydrogen-bond acceptors (Lipinski definition) is 5. The first-order valence-electron chi connectivity index (χ1n) is 8.13. The van der Waals surface area contributed by atoms with E-state index in [1.54, 1.807) is 12.1 Å². The number of alkyl halides is 3. The number of fused-ring (bicyclic) bond motifs is 1. The molecule has 1 amide bonds. The first-order valence-corrected chi connectivity index (χ1v) is 8.13. The van der Waals surface area contributed by atoms with Crippen molar-refractivity contribution in [2.45, 2.75) is 6.18 Å². The monoisotopic (exact) mass is 397 g/mol. The number of pyridine rings is 1. The molecule has 1 aromatic carbocycles. The van der Waals surface area contributed by atoms with E-state index in [1.165, 1.54) is 29.3 Å². The van der Waals surface area contributed by atoms with Crippen LogP contribution in [0.3, 0.4) is 0 Å². The second-order valence-corrected chi connectivity index (χ2v) is 5.97. The van der Waals surface area contributed by atoms with E-state index in [0.717, 1.165) is 12.1 Å². The van der Waals surface area contributed by atoms with Gasteiger partial charge in [-0.2, -0.15) is 28.6 Å². The molecule has 0 saturated heterocycles. The molecule has 11 heteroatoms. The van der Waals surface area contributed by atoms with Gasteiger partial charge in [-0.15, -0.1) is 0 Å². The molecule has 0 aliphatic rings. The molecule has 144 valence electrons. The number of aromatic amines is 1. The van der Waals surface area contributed by atoms with Crippen molar-refractivity contribution in [1.82, 2.24) is 25.0 Å². The maximum atomic E-state index is 12.9. The van der Waals surface area contributed by atoms with Gasteiger partial charge in [0, 0.05) is 11.6 Å². The minimum absolute atomic E-state index is 0.260. The zero-order valence-electron chi connectivity index (χ0n) is 14.4. The number of hydrogen-bond donors (Lipinski definition) is 2. The van der Waals surface area contributed by atoms with Gasteiger partial charge in [-0.05, 0) is 24.3 Å². The Kier molecular flexibility index (Phi) is 4.23. The van der Waals surface area contributed by atoms with Crippen LogP contribution in [0.1, 0.15) is 21.7 Å². The molecule has 0 spiro atoms. The summed E-state index contributed by atoms with van der Waals surface area (Å²) in [5, 5.41) is 23.0. The number of amides is 1. The Hall–Kier alpha value is -4.20. The minimum atomic E-state index is -4.67. The molecule has 0 aliphatic carbocycles. The Balaban J connectivity index is 1.75. The summed E-state index contributed by atoms with van der Waals surface area (Å²) in [6, 6.07) is 8.26. The average Bonchev–Trinajstić information content (AvgIpc) is 3.35. The van der Waals surface area contributed by atoms with Gasteiger partial charge in [-0.1, -0.05) is 6.07 Å². The molecule has 0 radical (unpaired) electrons. The van der Waals surface area contributed by atoms with Gasteiger partial charge in [0.25, 0.3) is 5.91 Å². The van der Waals surface area contributed by atoms with E-state index in [0.29, 0.717) is 22.2 Å². The van der Waals surface area contributed by atoms with E-state index in [4.69, 9.17) is 5.26 Å². The van der Waals surface area contributed by atoms with Crippen LogP contribution in [0.15, 0.2) is 48.9 Å². The van der Waals surface area contributed by atoms with Crippen LogP contribution < -0.4 is 5.32 Å². The number of anilines is 1. The van der Waals surface area contributed by atoms with Gasteiger partial charge in [0.05, 0.1) is 34.8 Å². The minimum Gasteiger partial charge on any atom is -0.319 e. The highest BCUT2D eigenvalue weighted by Gasteiger charge is 2.33. The van der Waals surface area contributed by atoms with Crippen LogP contribution in [-0.4, -0.2) is 30.9 Å². The second kappa shape index (κ2) is 6.75. The Morgan fingerprint density at radius 3 is 2.79 bits per heavy atom. The van der Waals surface area contributed by atoms with E-state index in [1.807, 2.05) is 6.07 Å². The molecular formula is C18H10F3N7O. The van der Waals surface area contributed by atoms with Gasteiger partial charge in [0.1, 0.15) is 17.5 Å². The molecule has 3 heterocycles. The molecule has 4 aromatic rings. The van der Waals surface area contributed by atoms with Crippen LogP contribution in [0.25, 0.3) is 16.6 Å². The standard InChI is InChI=1S/C18H10F3N7O/c19-18(20,21)16-3-1-2-12(25-16)17(29)26-14-4-11-8-23-27-13(11)5-15(14)28-9-10(6-22)7-24-28/h1-5,7-9H,(H,23,27)(H,26,29). The fraction of sp³-hybridized carbons (Fsp3) is 0.0556. The van der Waals surface area contributed by atoms with Gasteiger partial charge in [-0.3, -0.25) is 9.89 Å². The Morgan fingerprint density at radius 2 is 2.07 bits per heavy atom. The van der Waals surface area contributed by atoms with Crippen LogP contribution in [0.4, 0.5) is 18.9 Å². The lowest BCUT2D eigenvalue weighted by Gasteiger charge is -2.12. The summed E-state index contributed by atoms with van der Waals surface area (Å²) in [4.78, 5) is 16.0. The van der Waals surface area contributed by atoms with Crippen molar-refractivity contribution in [3.05, 3.63) is 65.9 Å². The van der Waals surface area contributed by atoms with E-state index in [-0.39, 0.29) is 5.69 Å². The summed E-state index contributed by atoms with van der Waals surface area (Å²) < 4.78 is 40.0. The van der Waals surface area contributed by atoms with Crippen LogP contribution >= 0.6 is 0 Å². The topological polar surface area (TPSA) is 112 Å². The number of H-pyrrole nitrogens is 1. The summed E-state index contributed by atoms with van der Waals surface area (Å²) in [5.41, 5.74) is 0.0349. The maximum absolute atomic E-state index is 12.9. The Labute approximate surface area is 160 Å². The van der Waals surface area contributed by atoms with Gasteiger partial charge in [-0.25, -0.2) is 9.67 Å². The average molecular weight is 397 g/mol. The molecule has 4 rings (SSSR count).